The van der Waals surface area contributed by atoms with Crippen LogP contribution in [0.25, 0.3) is 0 Å². The average Bonchev–Trinajstić information content (AvgIpc) is 2.48. The molecule has 5 nitrogen and oxygen atoms in total. The molecule has 1 aromatic carbocycles. The fourth-order valence-electron chi connectivity index (χ4n) is 2.43. The van der Waals surface area contributed by atoms with E-state index in [1.165, 1.54) is 0 Å². The van der Waals surface area contributed by atoms with Crippen molar-refractivity contribution in [3.05, 3.63) is 24.3 Å². The molecule has 2 amide bonds. The summed E-state index contributed by atoms with van der Waals surface area (Å²) >= 11 is 0. The van der Waals surface area contributed by atoms with Crippen molar-refractivity contribution in [2.24, 2.45) is 5.92 Å². The van der Waals surface area contributed by atoms with E-state index in [4.69, 9.17) is 4.74 Å². The van der Waals surface area contributed by atoms with Gasteiger partial charge in [-0.15, -0.1) is 0 Å². The van der Waals surface area contributed by atoms with Crippen LogP contribution in [0.4, 0.5) is 10.5 Å². The smallest absolute Gasteiger partial charge is 0.321 e. The molecule has 1 saturated heterocycles. The van der Waals surface area contributed by atoms with Gasteiger partial charge in [0.25, 0.3) is 0 Å². The quantitative estimate of drug-likeness (QED) is 0.888. The van der Waals surface area contributed by atoms with Crippen LogP contribution < -0.4 is 10.1 Å². The van der Waals surface area contributed by atoms with Crippen LogP contribution in [0.5, 0.6) is 5.75 Å². The lowest BCUT2D eigenvalue weighted by Gasteiger charge is -2.31. The minimum Gasteiger partial charge on any atom is -0.494 e. The molecule has 1 fully saturated rings. The van der Waals surface area contributed by atoms with Crippen LogP contribution in [0, 0.1) is 5.92 Å². The van der Waals surface area contributed by atoms with E-state index in [1.54, 1.807) is 4.90 Å². The van der Waals surface area contributed by atoms with Crippen molar-refractivity contribution in [1.29, 1.82) is 0 Å². The Kier molecular flexibility index (Phi) is 5.24. The van der Waals surface area contributed by atoms with Crippen LogP contribution in [0.1, 0.15) is 19.8 Å². The summed E-state index contributed by atoms with van der Waals surface area (Å²) in [5, 5.41) is 12.1. The Morgan fingerprint density at radius 1 is 1.55 bits per heavy atom. The average molecular weight is 278 g/mol. The van der Waals surface area contributed by atoms with E-state index in [-0.39, 0.29) is 18.6 Å². The van der Waals surface area contributed by atoms with E-state index >= 15 is 0 Å². The second-order valence-corrected chi connectivity index (χ2v) is 5.03. The van der Waals surface area contributed by atoms with Crippen molar-refractivity contribution in [2.75, 3.05) is 31.6 Å². The molecule has 5 heteroatoms. The molecule has 1 aromatic rings. The molecule has 1 atom stereocenters. The van der Waals surface area contributed by atoms with Crippen LogP contribution in [0.2, 0.25) is 0 Å². The SMILES string of the molecule is CCOc1cccc(NC(=O)N2CCCC(CO)C2)c1. The molecule has 0 radical (unpaired) electrons. The van der Waals surface area contributed by atoms with Gasteiger partial charge in [0.05, 0.1) is 6.61 Å². The van der Waals surface area contributed by atoms with Gasteiger partial charge in [-0.2, -0.15) is 0 Å². The highest BCUT2D eigenvalue weighted by atomic mass is 16.5. The minimum atomic E-state index is -0.114. The highest BCUT2D eigenvalue weighted by molar-refractivity contribution is 5.89. The molecule has 1 aliphatic rings. The normalized spacial score (nSPS) is 18.7. The predicted octanol–water partition coefficient (Wildman–Crippen LogP) is 2.32. The van der Waals surface area contributed by atoms with Gasteiger partial charge in [0, 0.05) is 31.5 Å². The van der Waals surface area contributed by atoms with Crippen molar-refractivity contribution in [1.82, 2.24) is 4.90 Å². The number of aliphatic hydroxyl groups is 1. The second-order valence-electron chi connectivity index (χ2n) is 5.03. The number of aliphatic hydroxyl groups excluding tert-OH is 1. The highest BCUT2D eigenvalue weighted by Crippen LogP contribution is 2.20. The van der Waals surface area contributed by atoms with Crippen molar-refractivity contribution < 1.29 is 14.6 Å². The van der Waals surface area contributed by atoms with Crippen LogP contribution in [0.3, 0.4) is 0 Å². The largest absolute Gasteiger partial charge is 0.494 e. The first kappa shape index (κ1) is 14.7. The van der Waals surface area contributed by atoms with Gasteiger partial charge >= 0.3 is 6.03 Å². The van der Waals surface area contributed by atoms with E-state index in [9.17, 15) is 9.90 Å². The fraction of sp³-hybridized carbons (Fsp3) is 0.533. The maximum atomic E-state index is 12.2. The Morgan fingerprint density at radius 3 is 3.15 bits per heavy atom. The zero-order chi connectivity index (χ0) is 14.4. The maximum Gasteiger partial charge on any atom is 0.321 e. The molecule has 20 heavy (non-hydrogen) atoms. The third kappa shape index (κ3) is 3.87. The number of rotatable bonds is 4. The number of carbonyl (C=O) groups excluding carboxylic acids is 1. The lowest BCUT2D eigenvalue weighted by Crippen LogP contribution is -2.43. The molecular formula is C15H22N2O3. The van der Waals surface area contributed by atoms with Crippen LogP contribution >= 0.6 is 0 Å². The Bertz CT molecular complexity index is 450. The van der Waals surface area contributed by atoms with Gasteiger partial charge in [-0.1, -0.05) is 6.07 Å². The zero-order valence-electron chi connectivity index (χ0n) is 11.8. The van der Waals surface area contributed by atoms with Crippen LogP contribution in [-0.2, 0) is 0 Å². The third-order valence-corrected chi connectivity index (χ3v) is 3.46. The number of hydrogen-bond donors (Lipinski definition) is 2. The van der Waals surface area contributed by atoms with Gasteiger partial charge in [-0.05, 0) is 37.8 Å². The number of anilines is 1. The summed E-state index contributed by atoms with van der Waals surface area (Å²) in [5.41, 5.74) is 0.729. The highest BCUT2D eigenvalue weighted by Gasteiger charge is 2.23. The molecule has 0 aromatic heterocycles. The number of likely N-dealkylation sites (tertiary alicyclic amines) is 1. The number of nitrogens with zero attached hydrogens (tertiary/aromatic N) is 1. The number of urea groups is 1. The molecule has 1 heterocycles. The molecule has 0 bridgehead atoms. The number of nitrogens with one attached hydrogen (secondary N) is 1. The predicted molar refractivity (Wildman–Crippen MR) is 78.0 cm³/mol. The number of amides is 2. The molecule has 1 aliphatic heterocycles. The van der Waals surface area contributed by atoms with Crippen molar-refractivity contribution in [3.8, 4) is 5.75 Å². The fourth-order valence-corrected chi connectivity index (χ4v) is 2.43. The molecule has 0 aliphatic carbocycles. The number of hydrogen-bond acceptors (Lipinski definition) is 3. The lowest BCUT2D eigenvalue weighted by atomic mass is 9.99. The molecule has 0 spiro atoms. The number of carbonyl (C=O) groups is 1. The van der Waals surface area contributed by atoms with Gasteiger partial charge < -0.3 is 20.1 Å². The zero-order valence-corrected chi connectivity index (χ0v) is 11.8. The lowest BCUT2D eigenvalue weighted by molar-refractivity contribution is 0.136. The van der Waals surface area contributed by atoms with Crippen molar-refractivity contribution in [2.45, 2.75) is 19.8 Å². The monoisotopic (exact) mass is 278 g/mol. The molecule has 2 rings (SSSR count). The molecule has 2 N–H and O–H groups in total. The van der Waals surface area contributed by atoms with Gasteiger partial charge in [-0.3, -0.25) is 0 Å². The van der Waals surface area contributed by atoms with Crippen LogP contribution in [0.15, 0.2) is 24.3 Å². The first-order chi connectivity index (χ1) is 9.72. The third-order valence-electron chi connectivity index (χ3n) is 3.46. The Hall–Kier alpha value is -1.75. The Labute approximate surface area is 119 Å². The van der Waals surface area contributed by atoms with Gasteiger partial charge in [0.2, 0.25) is 0 Å². The summed E-state index contributed by atoms with van der Waals surface area (Å²) in [5.74, 6) is 0.946. The van der Waals surface area contributed by atoms with Crippen molar-refractivity contribution in [3.63, 3.8) is 0 Å². The topological polar surface area (TPSA) is 61.8 Å². The van der Waals surface area contributed by atoms with Gasteiger partial charge in [-0.25, -0.2) is 4.79 Å². The molecule has 1 unspecified atom stereocenters. The Balaban J connectivity index is 1.95. The summed E-state index contributed by atoms with van der Waals surface area (Å²) in [7, 11) is 0. The first-order valence-corrected chi connectivity index (χ1v) is 7.12. The van der Waals surface area contributed by atoms with E-state index in [2.05, 4.69) is 5.32 Å². The maximum absolute atomic E-state index is 12.2. The summed E-state index contributed by atoms with van der Waals surface area (Å²) in [4.78, 5) is 14.0. The number of ether oxygens (including phenoxy) is 1. The Morgan fingerprint density at radius 2 is 2.40 bits per heavy atom. The standard InChI is InChI=1S/C15H22N2O3/c1-2-20-14-7-3-6-13(9-14)16-15(19)17-8-4-5-12(10-17)11-18/h3,6-7,9,12,18H,2,4-5,8,10-11H2,1H3,(H,16,19). The molecule has 0 saturated carbocycles. The molecular weight excluding hydrogens is 256 g/mol. The van der Waals surface area contributed by atoms with Crippen molar-refractivity contribution >= 4 is 11.7 Å². The van der Waals surface area contributed by atoms with Gasteiger partial charge in [0.1, 0.15) is 5.75 Å². The first-order valence-electron chi connectivity index (χ1n) is 7.12. The van der Waals surface area contributed by atoms with E-state index in [0.717, 1.165) is 30.8 Å². The minimum absolute atomic E-state index is 0.114. The number of benzene rings is 1. The van der Waals surface area contributed by atoms with E-state index in [0.29, 0.717) is 13.2 Å². The summed E-state index contributed by atoms with van der Waals surface area (Å²) in [6, 6.07) is 7.26. The van der Waals surface area contributed by atoms with Gasteiger partial charge in [0.15, 0.2) is 0 Å². The summed E-state index contributed by atoms with van der Waals surface area (Å²) < 4.78 is 5.41. The second kappa shape index (κ2) is 7.14. The molecule has 110 valence electrons. The van der Waals surface area contributed by atoms with E-state index in [1.807, 2.05) is 31.2 Å². The van der Waals surface area contributed by atoms with Crippen LogP contribution in [-0.4, -0.2) is 42.3 Å². The number of piperidine rings is 1. The van der Waals surface area contributed by atoms with E-state index < -0.39 is 0 Å². The summed E-state index contributed by atoms with van der Waals surface area (Å²) in [6.07, 6.45) is 1.93. The summed E-state index contributed by atoms with van der Waals surface area (Å²) in [6.45, 7) is 4.03.